The Balaban J connectivity index is 1.68. The van der Waals surface area contributed by atoms with Gasteiger partial charge in [-0.05, 0) is 44.7 Å². The lowest BCUT2D eigenvalue weighted by Gasteiger charge is -2.40. The second-order valence-corrected chi connectivity index (χ2v) is 10.0. The number of aromatic nitrogens is 1. The van der Waals surface area contributed by atoms with E-state index < -0.39 is 10.2 Å². The first-order valence-electron chi connectivity index (χ1n) is 9.21. The number of fused-ring (bicyclic) bond motifs is 1. The fourth-order valence-corrected chi connectivity index (χ4v) is 7.27. The Hall–Kier alpha value is -1.02. The van der Waals surface area contributed by atoms with Crippen molar-refractivity contribution in [3.05, 3.63) is 29.3 Å². The highest BCUT2D eigenvalue weighted by atomic mass is 32.2. The predicted octanol–water partition coefficient (Wildman–Crippen LogP) is 3.94. The first-order valence-corrected chi connectivity index (χ1v) is 11.4. The molecule has 7 heteroatoms. The van der Waals surface area contributed by atoms with Gasteiger partial charge in [-0.1, -0.05) is 25.0 Å². The molecule has 2 aliphatic heterocycles. The standard InChI is InChI=1S/C18H25N3O2S2/c1-14-8-4-6-12-20(14)25(22,23)21-13-7-5-10-16(21)18-19-15-9-2-3-11-17(15)24-18/h2-3,9,11,14,16H,4-8,10,12-13H2,1H3. The van der Waals surface area contributed by atoms with Crippen LogP contribution < -0.4 is 0 Å². The highest BCUT2D eigenvalue weighted by Crippen LogP contribution is 2.38. The Morgan fingerprint density at radius 1 is 1.04 bits per heavy atom. The Labute approximate surface area is 153 Å². The van der Waals surface area contributed by atoms with Crippen molar-refractivity contribution >= 4 is 31.8 Å². The maximum Gasteiger partial charge on any atom is 0.282 e. The monoisotopic (exact) mass is 379 g/mol. The van der Waals surface area contributed by atoms with Crippen molar-refractivity contribution in [1.29, 1.82) is 0 Å². The summed E-state index contributed by atoms with van der Waals surface area (Å²) in [6.07, 6.45) is 5.89. The molecule has 2 unspecified atom stereocenters. The summed E-state index contributed by atoms with van der Waals surface area (Å²) < 4.78 is 31.3. The van der Waals surface area contributed by atoms with Gasteiger partial charge < -0.3 is 0 Å². The van der Waals surface area contributed by atoms with E-state index in [0.717, 1.165) is 53.7 Å². The van der Waals surface area contributed by atoms with E-state index in [9.17, 15) is 8.42 Å². The normalized spacial score (nSPS) is 26.9. The summed E-state index contributed by atoms with van der Waals surface area (Å²) in [6.45, 7) is 3.28. The van der Waals surface area contributed by atoms with Crippen LogP contribution in [0.5, 0.6) is 0 Å². The van der Waals surface area contributed by atoms with Crippen molar-refractivity contribution in [3.63, 3.8) is 0 Å². The van der Waals surface area contributed by atoms with Crippen LogP contribution in [0.2, 0.25) is 0 Å². The third kappa shape index (κ3) is 3.23. The third-order valence-electron chi connectivity index (χ3n) is 5.38. The molecular weight excluding hydrogens is 354 g/mol. The highest BCUT2D eigenvalue weighted by molar-refractivity contribution is 7.86. The molecule has 2 aromatic rings. The van der Waals surface area contributed by atoms with Gasteiger partial charge in [-0.3, -0.25) is 0 Å². The highest BCUT2D eigenvalue weighted by Gasteiger charge is 2.40. The fourth-order valence-electron chi connectivity index (χ4n) is 4.01. The van der Waals surface area contributed by atoms with E-state index in [-0.39, 0.29) is 12.1 Å². The van der Waals surface area contributed by atoms with Gasteiger partial charge in [-0.25, -0.2) is 4.98 Å². The number of piperidine rings is 2. The van der Waals surface area contributed by atoms with Gasteiger partial charge in [0.25, 0.3) is 10.2 Å². The summed E-state index contributed by atoms with van der Waals surface area (Å²) in [5.41, 5.74) is 0.969. The molecule has 0 bridgehead atoms. The Morgan fingerprint density at radius 2 is 1.76 bits per heavy atom. The Bertz CT molecular complexity index is 816. The van der Waals surface area contributed by atoms with Crippen LogP contribution >= 0.6 is 11.3 Å². The van der Waals surface area contributed by atoms with Gasteiger partial charge in [-0.15, -0.1) is 11.3 Å². The molecule has 25 heavy (non-hydrogen) atoms. The third-order valence-corrected chi connectivity index (χ3v) is 8.69. The molecule has 2 atom stereocenters. The number of hydrogen-bond acceptors (Lipinski definition) is 4. The van der Waals surface area contributed by atoms with Gasteiger partial charge in [0, 0.05) is 19.1 Å². The summed E-state index contributed by atoms with van der Waals surface area (Å²) in [5.74, 6) is 0. The molecule has 1 aromatic heterocycles. The van der Waals surface area contributed by atoms with Crippen molar-refractivity contribution in [2.45, 2.75) is 57.5 Å². The molecule has 0 saturated carbocycles. The van der Waals surface area contributed by atoms with E-state index in [2.05, 4.69) is 6.07 Å². The summed E-state index contributed by atoms with van der Waals surface area (Å²) in [6, 6.07) is 8.03. The van der Waals surface area contributed by atoms with E-state index in [1.165, 1.54) is 0 Å². The second kappa shape index (κ2) is 6.95. The lowest BCUT2D eigenvalue weighted by Crippen LogP contribution is -2.51. The number of thiazole rings is 1. The van der Waals surface area contributed by atoms with Crippen molar-refractivity contribution in [1.82, 2.24) is 13.6 Å². The second-order valence-electron chi connectivity index (χ2n) is 7.11. The van der Waals surface area contributed by atoms with E-state index in [4.69, 9.17) is 4.98 Å². The zero-order chi connectivity index (χ0) is 17.4. The largest absolute Gasteiger partial charge is 0.282 e. The number of benzene rings is 1. The SMILES string of the molecule is CC1CCCCN1S(=O)(=O)N1CCCCC1c1nc2ccccc2s1. The van der Waals surface area contributed by atoms with Crippen LogP contribution in [0.15, 0.2) is 24.3 Å². The smallest absolute Gasteiger partial charge is 0.239 e. The average molecular weight is 380 g/mol. The lowest BCUT2D eigenvalue weighted by molar-refractivity contribution is 0.203. The van der Waals surface area contributed by atoms with Gasteiger partial charge in [-0.2, -0.15) is 17.0 Å². The number of para-hydroxylation sites is 1. The molecule has 2 aliphatic rings. The lowest BCUT2D eigenvalue weighted by atomic mass is 10.1. The molecular formula is C18H25N3O2S2. The van der Waals surface area contributed by atoms with Crippen molar-refractivity contribution in [2.24, 2.45) is 0 Å². The van der Waals surface area contributed by atoms with E-state index >= 15 is 0 Å². The van der Waals surface area contributed by atoms with Crippen molar-refractivity contribution in [3.8, 4) is 0 Å². The van der Waals surface area contributed by atoms with Crippen molar-refractivity contribution < 1.29 is 8.42 Å². The molecule has 0 amide bonds. The quantitative estimate of drug-likeness (QED) is 0.811. The maximum atomic E-state index is 13.4. The van der Waals surface area contributed by atoms with Gasteiger partial charge in [0.15, 0.2) is 0 Å². The topological polar surface area (TPSA) is 53.5 Å². The first kappa shape index (κ1) is 17.4. The van der Waals surface area contributed by atoms with Gasteiger partial charge >= 0.3 is 0 Å². The van der Waals surface area contributed by atoms with Gasteiger partial charge in [0.05, 0.1) is 16.3 Å². The molecule has 2 fully saturated rings. The van der Waals surface area contributed by atoms with E-state index in [0.29, 0.717) is 13.1 Å². The average Bonchev–Trinajstić information content (AvgIpc) is 3.06. The van der Waals surface area contributed by atoms with Crippen LogP contribution in [0.4, 0.5) is 0 Å². The zero-order valence-electron chi connectivity index (χ0n) is 14.6. The summed E-state index contributed by atoms with van der Waals surface area (Å²) >= 11 is 1.64. The Morgan fingerprint density at radius 3 is 2.52 bits per heavy atom. The first-order chi connectivity index (χ1) is 12.1. The van der Waals surface area contributed by atoms with Crippen LogP contribution in [-0.2, 0) is 10.2 Å². The summed E-state index contributed by atoms with van der Waals surface area (Å²) in [4.78, 5) is 4.76. The predicted molar refractivity (Wildman–Crippen MR) is 102 cm³/mol. The molecule has 136 valence electrons. The molecule has 0 aliphatic carbocycles. The molecule has 5 nitrogen and oxygen atoms in total. The maximum absolute atomic E-state index is 13.4. The molecule has 4 rings (SSSR count). The number of nitrogens with zero attached hydrogens (tertiary/aromatic N) is 3. The van der Waals surface area contributed by atoms with E-state index in [1.54, 1.807) is 19.9 Å². The van der Waals surface area contributed by atoms with Crippen LogP contribution in [0.3, 0.4) is 0 Å². The molecule has 1 aromatic carbocycles. The number of rotatable bonds is 3. The van der Waals surface area contributed by atoms with Crippen LogP contribution in [-0.4, -0.2) is 41.1 Å². The zero-order valence-corrected chi connectivity index (χ0v) is 16.2. The molecule has 0 spiro atoms. The van der Waals surface area contributed by atoms with E-state index in [1.807, 2.05) is 25.1 Å². The van der Waals surface area contributed by atoms with Gasteiger partial charge in [0.2, 0.25) is 0 Å². The fraction of sp³-hybridized carbons (Fsp3) is 0.611. The molecule has 2 saturated heterocycles. The minimum atomic E-state index is -3.44. The molecule has 0 radical (unpaired) electrons. The van der Waals surface area contributed by atoms with Crippen LogP contribution in [0, 0.1) is 0 Å². The van der Waals surface area contributed by atoms with Crippen LogP contribution in [0.1, 0.15) is 56.5 Å². The Kier molecular flexibility index (Phi) is 4.83. The number of hydrogen-bond donors (Lipinski definition) is 0. The van der Waals surface area contributed by atoms with Gasteiger partial charge in [0.1, 0.15) is 5.01 Å². The molecule has 3 heterocycles. The van der Waals surface area contributed by atoms with Crippen LogP contribution in [0.25, 0.3) is 10.2 Å². The minimum Gasteiger partial charge on any atom is -0.239 e. The molecule has 0 N–H and O–H groups in total. The summed E-state index contributed by atoms with van der Waals surface area (Å²) in [7, 11) is -3.44. The summed E-state index contributed by atoms with van der Waals surface area (Å²) in [5, 5.41) is 0.939. The van der Waals surface area contributed by atoms with Crippen molar-refractivity contribution in [2.75, 3.05) is 13.1 Å². The minimum absolute atomic E-state index is 0.0942.